The average Bonchev–Trinajstić information content (AvgIpc) is 3.21. The number of aromatic nitrogens is 1. The van der Waals surface area contributed by atoms with Gasteiger partial charge in [0.2, 0.25) is 11.8 Å². The van der Waals surface area contributed by atoms with Crippen molar-refractivity contribution >= 4 is 23.4 Å². The van der Waals surface area contributed by atoms with Crippen molar-refractivity contribution in [3.8, 4) is 22.6 Å². The standard InChI is InChI=1S/C21H23N3O2S/c1-14-12-17(24-20(25)19(22)8-11-27-2)6-7-18(14)15-4-3-5-16(13-15)21-23-9-10-26-21/h3-7,9-10,12-13,19H,8,11,22H2,1-2H3,(H,24,25). The van der Waals surface area contributed by atoms with Crippen molar-refractivity contribution in [3.63, 3.8) is 0 Å². The minimum Gasteiger partial charge on any atom is -0.445 e. The fraction of sp³-hybridized carbons (Fsp3) is 0.238. The van der Waals surface area contributed by atoms with E-state index in [1.807, 2.05) is 55.6 Å². The third kappa shape index (κ3) is 4.78. The highest BCUT2D eigenvalue weighted by molar-refractivity contribution is 7.98. The molecule has 1 heterocycles. The van der Waals surface area contributed by atoms with Crippen LogP contribution in [-0.2, 0) is 4.79 Å². The van der Waals surface area contributed by atoms with Crippen LogP contribution in [-0.4, -0.2) is 28.9 Å². The normalized spacial score (nSPS) is 12.0. The zero-order valence-corrected chi connectivity index (χ0v) is 16.3. The molecule has 1 atom stereocenters. The minimum absolute atomic E-state index is 0.151. The van der Waals surface area contributed by atoms with Crippen molar-refractivity contribution in [1.29, 1.82) is 0 Å². The summed E-state index contributed by atoms with van der Waals surface area (Å²) in [5, 5.41) is 2.91. The molecule has 2 aromatic carbocycles. The maximum Gasteiger partial charge on any atom is 0.241 e. The zero-order chi connectivity index (χ0) is 19.2. The second-order valence-electron chi connectivity index (χ2n) is 6.32. The highest BCUT2D eigenvalue weighted by Gasteiger charge is 2.14. The summed E-state index contributed by atoms with van der Waals surface area (Å²) in [4.78, 5) is 16.4. The Morgan fingerprint density at radius 3 is 2.78 bits per heavy atom. The SMILES string of the molecule is CSCCC(N)C(=O)Nc1ccc(-c2cccc(-c3ncco3)c2)c(C)c1. The summed E-state index contributed by atoms with van der Waals surface area (Å²) >= 11 is 1.68. The number of oxazole rings is 1. The van der Waals surface area contributed by atoms with Gasteiger partial charge in [-0.1, -0.05) is 18.2 Å². The van der Waals surface area contributed by atoms with E-state index >= 15 is 0 Å². The highest BCUT2D eigenvalue weighted by atomic mass is 32.2. The number of hydrogen-bond acceptors (Lipinski definition) is 5. The number of thioether (sulfide) groups is 1. The van der Waals surface area contributed by atoms with E-state index in [2.05, 4.69) is 10.3 Å². The summed E-state index contributed by atoms with van der Waals surface area (Å²) in [6, 6.07) is 13.4. The molecule has 0 aliphatic heterocycles. The van der Waals surface area contributed by atoms with Crippen LogP contribution in [0.3, 0.4) is 0 Å². The minimum atomic E-state index is -0.491. The van der Waals surface area contributed by atoms with Crippen LogP contribution >= 0.6 is 11.8 Å². The van der Waals surface area contributed by atoms with Crippen molar-refractivity contribution in [1.82, 2.24) is 4.98 Å². The number of aryl methyl sites for hydroxylation is 1. The number of carbonyl (C=O) groups is 1. The molecule has 0 aliphatic carbocycles. The number of anilines is 1. The highest BCUT2D eigenvalue weighted by Crippen LogP contribution is 2.29. The quantitative estimate of drug-likeness (QED) is 0.636. The summed E-state index contributed by atoms with van der Waals surface area (Å²) in [7, 11) is 0. The number of nitrogens with two attached hydrogens (primary N) is 1. The predicted molar refractivity (Wildman–Crippen MR) is 112 cm³/mol. The molecule has 1 unspecified atom stereocenters. The largest absolute Gasteiger partial charge is 0.445 e. The van der Waals surface area contributed by atoms with E-state index in [-0.39, 0.29) is 5.91 Å². The van der Waals surface area contributed by atoms with Gasteiger partial charge in [-0.3, -0.25) is 4.79 Å². The van der Waals surface area contributed by atoms with E-state index in [0.717, 1.165) is 33.7 Å². The molecule has 0 aliphatic rings. The maximum absolute atomic E-state index is 12.2. The van der Waals surface area contributed by atoms with E-state index in [1.54, 1.807) is 24.2 Å². The zero-order valence-electron chi connectivity index (χ0n) is 15.4. The van der Waals surface area contributed by atoms with Gasteiger partial charge in [-0.25, -0.2) is 4.98 Å². The number of nitrogens with one attached hydrogen (secondary N) is 1. The van der Waals surface area contributed by atoms with Crippen LogP contribution in [0, 0.1) is 6.92 Å². The summed E-state index contributed by atoms with van der Waals surface area (Å²) in [5.41, 5.74) is 10.8. The van der Waals surface area contributed by atoms with Gasteiger partial charge in [0.25, 0.3) is 0 Å². The summed E-state index contributed by atoms with van der Waals surface area (Å²) < 4.78 is 5.38. The number of amides is 1. The molecule has 0 saturated heterocycles. The number of hydrogen-bond donors (Lipinski definition) is 2. The van der Waals surface area contributed by atoms with Gasteiger partial charge in [0, 0.05) is 11.3 Å². The Morgan fingerprint density at radius 1 is 1.26 bits per heavy atom. The summed E-state index contributed by atoms with van der Waals surface area (Å²) in [6.07, 6.45) is 5.87. The van der Waals surface area contributed by atoms with Gasteiger partial charge in [0.1, 0.15) is 6.26 Å². The van der Waals surface area contributed by atoms with E-state index in [4.69, 9.17) is 10.2 Å². The van der Waals surface area contributed by atoms with Gasteiger partial charge in [0.15, 0.2) is 0 Å². The molecule has 5 nitrogen and oxygen atoms in total. The Bertz CT molecular complexity index is 910. The molecular formula is C21H23N3O2S. The monoisotopic (exact) mass is 381 g/mol. The fourth-order valence-corrected chi connectivity index (χ4v) is 3.35. The van der Waals surface area contributed by atoms with Gasteiger partial charge >= 0.3 is 0 Å². The fourth-order valence-electron chi connectivity index (χ4n) is 2.86. The van der Waals surface area contributed by atoms with Crippen LogP contribution < -0.4 is 11.1 Å². The first-order valence-electron chi connectivity index (χ1n) is 8.75. The van der Waals surface area contributed by atoms with Gasteiger partial charge in [-0.2, -0.15) is 11.8 Å². The second kappa shape index (κ2) is 8.88. The first kappa shape index (κ1) is 19.2. The molecule has 1 aromatic heterocycles. The lowest BCUT2D eigenvalue weighted by Gasteiger charge is -2.14. The van der Waals surface area contributed by atoms with Gasteiger partial charge in [0.05, 0.1) is 12.2 Å². The molecule has 0 fully saturated rings. The molecule has 3 N–H and O–H groups in total. The Balaban J connectivity index is 1.77. The first-order chi connectivity index (χ1) is 13.1. The Morgan fingerprint density at radius 2 is 2.07 bits per heavy atom. The summed E-state index contributed by atoms with van der Waals surface area (Å²) in [6.45, 7) is 2.02. The molecule has 1 amide bonds. The number of carbonyl (C=O) groups excluding carboxylic acids is 1. The lowest BCUT2D eigenvalue weighted by atomic mass is 9.98. The van der Waals surface area contributed by atoms with Crippen LogP contribution in [0.2, 0.25) is 0 Å². The smallest absolute Gasteiger partial charge is 0.241 e. The van der Waals surface area contributed by atoms with E-state index in [0.29, 0.717) is 12.3 Å². The van der Waals surface area contributed by atoms with Crippen LogP contribution in [0.25, 0.3) is 22.6 Å². The van der Waals surface area contributed by atoms with Crippen LogP contribution in [0.1, 0.15) is 12.0 Å². The van der Waals surface area contributed by atoms with Gasteiger partial charge in [-0.15, -0.1) is 0 Å². The molecule has 3 rings (SSSR count). The topological polar surface area (TPSA) is 81.2 Å². The van der Waals surface area contributed by atoms with E-state index in [1.165, 1.54) is 0 Å². The molecule has 0 spiro atoms. The van der Waals surface area contributed by atoms with Crippen LogP contribution in [0.5, 0.6) is 0 Å². The van der Waals surface area contributed by atoms with Crippen molar-refractivity contribution in [2.45, 2.75) is 19.4 Å². The number of benzene rings is 2. The third-order valence-corrected chi connectivity index (χ3v) is 4.96. The first-order valence-corrected chi connectivity index (χ1v) is 10.1. The lowest BCUT2D eigenvalue weighted by molar-refractivity contribution is -0.117. The molecule has 0 saturated carbocycles. The van der Waals surface area contributed by atoms with Gasteiger partial charge < -0.3 is 15.5 Å². The number of nitrogens with zero attached hydrogens (tertiary/aromatic N) is 1. The Kier molecular flexibility index (Phi) is 6.32. The van der Waals surface area contributed by atoms with E-state index < -0.39 is 6.04 Å². The molecule has 3 aromatic rings. The number of rotatable bonds is 7. The van der Waals surface area contributed by atoms with Crippen molar-refractivity contribution in [2.24, 2.45) is 5.73 Å². The molecule has 0 bridgehead atoms. The third-order valence-electron chi connectivity index (χ3n) is 4.32. The average molecular weight is 382 g/mol. The summed E-state index contributed by atoms with van der Waals surface area (Å²) in [5.74, 6) is 1.31. The van der Waals surface area contributed by atoms with Crippen LogP contribution in [0.4, 0.5) is 5.69 Å². The van der Waals surface area contributed by atoms with Gasteiger partial charge in [-0.05, 0) is 66.3 Å². The van der Waals surface area contributed by atoms with Crippen molar-refractivity contribution in [3.05, 3.63) is 60.5 Å². The lowest BCUT2D eigenvalue weighted by Crippen LogP contribution is -2.36. The van der Waals surface area contributed by atoms with Crippen molar-refractivity contribution < 1.29 is 9.21 Å². The Hall–Kier alpha value is -2.57. The predicted octanol–water partition coefficient (Wildman–Crippen LogP) is 4.34. The van der Waals surface area contributed by atoms with Crippen LogP contribution in [0.15, 0.2) is 59.3 Å². The van der Waals surface area contributed by atoms with E-state index in [9.17, 15) is 4.79 Å². The molecule has 6 heteroatoms. The molecule has 140 valence electrons. The second-order valence-corrected chi connectivity index (χ2v) is 7.31. The molecule has 27 heavy (non-hydrogen) atoms. The maximum atomic E-state index is 12.2. The molecule has 0 radical (unpaired) electrons. The Labute approximate surface area is 163 Å². The molecular weight excluding hydrogens is 358 g/mol. The van der Waals surface area contributed by atoms with Crippen molar-refractivity contribution in [2.75, 3.05) is 17.3 Å².